The van der Waals surface area contributed by atoms with Crippen LogP contribution < -0.4 is 0 Å². The van der Waals surface area contributed by atoms with E-state index in [-0.39, 0.29) is 0 Å². The van der Waals surface area contributed by atoms with Crippen LogP contribution in [0.3, 0.4) is 0 Å². The molecule has 7 heteroatoms. The van der Waals surface area contributed by atoms with Crippen LogP contribution in [0.5, 0.6) is 0 Å². The van der Waals surface area contributed by atoms with E-state index >= 15 is 0 Å². The van der Waals surface area contributed by atoms with Crippen molar-refractivity contribution < 1.29 is 0 Å². The highest BCUT2D eigenvalue weighted by Crippen LogP contribution is 2.32. The lowest BCUT2D eigenvalue weighted by Gasteiger charge is -2.11. The number of aromatic nitrogens is 2. The van der Waals surface area contributed by atoms with Gasteiger partial charge in [-0.05, 0) is 47.5 Å². The Morgan fingerprint density at radius 1 is 0.786 bits per heavy atom. The molecule has 0 saturated heterocycles. The van der Waals surface area contributed by atoms with Gasteiger partial charge in [0, 0.05) is 25.8 Å². The van der Waals surface area contributed by atoms with Crippen molar-refractivity contribution in [1.82, 2.24) is 9.55 Å². The molecule has 4 rings (SSSR count). The van der Waals surface area contributed by atoms with Gasteiger partial charge in [0.2, 0.25) is 0 Å². The summed E-state index contributed by atoms with van der Waals surface area (Å²) in [4.78, 5) is 4.81. The molecule has 0 radical (unpaired) electrons. The zero-order valence-corrected chi connectivity index (χ0v) is 18.3. The van der Waals surface area contributed by atoms with E-state index in [1.807, 2.05) is 42.5 Å². The molecule has 0 saturated carbocycles. The number of fused-ring (bicyclic) bond motifs is 1. The smallest absolute Gasteiger partial charge is 0.169 e. The van der Waals surface area contributed by atoms with Crippen molar-refractivity contribution in [3.8, 4) is 0 Å². The first-order chi connectivity index (χ1) is 13.5. The number of halogens is 4. The molecule has 2 nitrogen and oxygen atoms in total. The first-order valence-electron chi connectivity index (χ1n) is 8.47. The predicted molar refractivity (Wildman–Crippen MR) is 121 cm³/mol. The number of benzene rings is 3. The van der Waals surface area contributed by atoms with Gasteiger partial charge in [-0.2, -0.15) is 0 Å². The van der Waals surface area contributed by atoms with Crippen molar-refractivity contribution in [2.75, 3.05) is 0 Å². The van der Waals surface area contributed by atoms with E-state index in [1.54, 1.807) is 23.9 Å². The molecule has 0 amide bonds. The zero-order chi connectivity index (χ0) is 19.7. The summed E-state index contributed by atoms with van der Waals surface area (Å²) in [7, 11) is 0. The van der Waals surface area contributed by atoms with Crippen molar-refractivity contribution in [3.05, 3.63) is 91.9 Å². The molecule has 0 atom stereocenters. The van der Waals surface area contributed by atoms with Gasteiger partial charge >= 0.3 is 0 Å². The van der Waals surface area contributed by atoms with Gasteiger partial charge in [0.05, 0.1) is 17.6 Å². The van der Waals surface area contributed by atoms with Gasteiger partial charge in [0.1, 0.15) is 0 Å². The van der Waals surface area contributed by atoms with E-state index < -0.39 is 0 Å². The molecular weight excluding hydrogens is 454 g/mol. The van der Waals surface area contributed by atoms with Gasteiger partial charge in [-0.1, -0.05) is 82.4 Å². The second-order valence-electron chi connectivity index (χ2n) is 6.23. The summed E-state index contributed by atoms with van der Waals surface area (Å²) in [6.07, 6.45) is 0. The molecule has 1 aromatic heterocycles. The van der Waals surface area contributed by atoms with Crippen LogP contribution in [0.1, 0.15) is 11.1 Å². The Labute approximate surface area is 187 Å². The Morgan fingerprint density at radius 2 is 1.43 bits per heavy atom. The molecule has 142 valence electrons. The fraction of sp³-hybridized carbons (Fsp3) is 0.0952. The largest absolute Gasteiger partial charge is 0.314 e. The summed E-state index contributed by atoms with van der Waals surface area (Å²) < 4.78 is 2.17. The molecule has 0 spiro atoms. The van der Waals surface area contributed by atoms with Gasteiger partial charge in [0.25, 0.3) is 0 Å². The zero-order valence-electron chi connectivity index (χ0n) is 14.5. The number of hydrogen-bond acceptors (Lipinski definition) is 2. The van der Waals surface area contributed by atoms with E-state index in [0.717, 1.165) is 27.3 Å². The Morgan fingerprint density at radius 3 is 2.11 bits per heavy atom. The number of para-hydroxylation sites is 2. The van der Waals surface area contributed by atoms with Crippen LogP contribution in [0.25, 0.3) is 11.0 Å². The Kier molecular flexibility index (Phi) is 6.10. The summed E-state index contributed by atoms with van der Waals surface area (Å²) in [6, 6.07) is 19.2. The van der Waals surface area contributed by atoms with Crippen LogP contribution in [-0.4, -0.2) is 9.55 Å². The van der Waals surface area contributed by atoms with Crippen LogP contribution >= 0.6 is 58.2 Å². The van der Waals surface area contributed by atoms with Crippen LogP contribution in [0.15, 0.2) is 65.8 Å². The summed E-state index contributed by atoms with van der Waals surface area (Å²) in [5.74, 6) is 0.688. The summed E-state index contributed by atoms with van der Waals surface area (Å²) in [6.45, 7) is 0.604. The van der Waals surface area contributed by atoms with E-state index in [0.29, 0.717) is 32.4 Å². The van der Waals surface area contributed by atoms with Gasteiger partial charge < -0.3 is 4.57 Å². The third-order valence-electron chi connectivity index (χ3n) is 4.33. The topological polar surface area (TPSA) is 17.8 Å². The van der Waals surface area contributed by atoms with Gasteiger partial charge in [-0.3, -0.25) is 0 Å². The highest BCUT2D eigenvalue weighted by Gasteiger charge is 2.14. The number of hydrogen-bond donors (Lipinski definition) is 0. The summed E-state index contributed by atoms with van der Waals surface area (Å²) in [5, 5.41) is 3.45. The maximum absolute atomic E-state index is 6.40. The maximum atomic E-state index is 6.40. The van der Waals surface area contributed by atoms with E-state index in [4.69, 9.17) is 51.4 Å². The van der Waals surface area contributed by atoms with Gasteiger partial charge in [0.15, 0.2) is 5.16 Å². The van der Waals surface area contributed by atoms with Crippen molar-refractivity contribution in [1.29, 1.82) is 0 Å². The van der Waals surface area contributed by atoms with Crippen LogP contribution in [-0.2, 0) is 12.3 Å². The van der Waals surface area contributed by atoms with Crippen LogP contribution in [0.2, 0.25) is 20.1 Å². The lowest BCUT2D eigenvalue weighted by Crippen LogP contribution is -2.02. The molecule has 0 fully saturated rings. The van der Waals surface area contributed by atoms with Crippen molar-refractivity contribution in [3.63, 3.8) is 0 Å². The molecule has 0 aliphatic heterocycles. The van der Waals surface area contributed by atoms with Crippen molar-refractivity contribution in [2.45, 2.75) is 17.5 Å². The first kappa shape index (κ1) is 19.9. The second kappa shape index (κ2) is 8.56. The van der Waals surface area contributed by atoms with E-state index in [2.05, 4.69) is 10.6 Å². The molecule has 0 unspecified atom stereocenters. The standard InChI is InChI=1S/C21H14Cl4N2S/c22-15-7-5-13(17(24)9-15)11-27-20-4-2-1-3-19(20)26-21(27)28-12-14-6-8-16(23)10-18(14)25/h1-10H,11-12H2. The second-order valence-corrected chi connectivity index (χ2v) is 8.86. The number of rotatable bonds is 5. The summed E-state index contributed by atoms with van der Waals surface area (Å²) in [5.41, 5.74) is 4.00. The lowest BCUT2D eigenvalue weighted by molar-refractivity contribution is 0.731. The average Bonchev–Trinajstić information content (AvgIpc) is 3.01. The third-order valence-corrected chi connectivity index (χ3v) is 6.53. The highest BCUT2D eigenvalue weighted by atomic mass is 35.5. The normalized spacial score (nSPS) is 11.3. The first-order valence-corrected chi connectivity index (χ1v) is 11.0. The van der Waals surface area contributed by atoms with Crippen LogP contribution in [0.4, 0.5) is 0 Å². The highest BCUT2D eigenvalue weighted by molar-refractivity contribution is 7.98. The van der Waals surface area contributed by atoms with E-state index in [1.165, 1.54) is 0 Å². The van der Waals surface area contributed by atoms with Crippen LogP contribution in [0, 0.1) is 0 Å². The minimum atomic E-state index is 0.604. The van der Waals surface area contributed by atoms with Gasteiger partial charge in [-0.25, -0.2) is 4.98 Å². The van der Waals surface area contributed by atoms with E-state index in [9.17, 15) is 0 Å². The fourth-order valence-corrected chi connectivity index (χ4v) is 4.96. The molecule has 0 bridgehead atoms. The Bertz CT molecular complexity index is 1160. The minimum absolute atomic E-state index is 0.604. The maximum Gasteiger partial charge on any atom is 0.169 e. The predicted octanol–water partition coefficient (Wildman–Crippen LogP) is 7.99. The average molecular weight is 468 g/mol. The fourth-order valence-electron chi connectivity index (χ4n) is 2.92. The molecule has 0 aliphatic rings. The molecule has 28 heavy (non-hydrogen) atoms. The minimum Gasteiger partial charge on any atom is -0.314 e. The monoisotopic (exact) mass is 466 g/mol. The Balaban J connectivity index is 1.68. The molecule has 4 aromatic rings. The van der Waals surface area contributed by atoms with Crippen molar-refractivity contribution >= 4 is 69.2 Å². The summed E-state index contributed by atoms with van der Waals surface area (Å²) >= 11 is 26.4. The third kappa shape index (κ3) is 4.29. The quantitative estimate of drug-likeness (QED) is 0.276. The molecule has 3 aromatic carbocycles. The molecule has 0 aliphatic carbocycles. The SMILES string of the molecule is Clc1ccc(CSc2nc3ccccc3n2Cc2ccc(Cl)cc2Cl)c(Cl)c1. The van der Waals surface area contributed by atoms with Crippen molar-refractivity contribution in [2.24, 2.45) is 0 Å². The Hall–Kier alpha value is -1.36. The molecular formula is C21H14Cl4N2S. The molecule has 1 heterocycles. The number of thioether (sulfide) groups is 1. The van der Waals surface area contributed by atoms with Gasteiger partial charge in [-0.15, -0.1) is 0 Å². The molecule has 0 N–H and O–H groups in total. The lowest BCUT2D eigenvalue weighted by atomic mass is 10.2. The number of nitrogens with zero attached hydrogens (tertiary/aromatic N) is 2. The number of imidazole rings is 1.